The minimum Gasteiger partial charge on any atom is -0.496 e. The van der Waals surface area contributed by atoms with Crippen molar-refractivity contribution in [1.82, 2.24) is 21.1 Å². The van der Waals surface area contributed by atoms with Crippen molar-refractivity contribution in [2.24, 2.45) is 5.92 Å². The summed E-state index contributed by atoms with van der Waals surface area (Å²) >= 11 is 0. The fourth-order valence-electron chi connectivity index (χ4n) is 5.91. The highest BCUT2D eigenvalue weighted by Gasteiger charge is 2.43. The molecular formula is C30H32N4O2. The summed E-state index contributed by atoms with van der Waals surface area (Å²) in [4.78, 5) is 15.8. The van der Waals surface area contributed by atoms with Gasteiger partial charge in [0.1, 0.15) is 11.8 Å². The average Bonchev–Trinajstić information content (AvgIpc) is 3.35. The largest absolute Gasteiger partial charge is 0.496 e. The predicted octanol–water partition coefficient (Wildman–Crippen LogP) is 3.98. The Morgan fingerprint density at radius 1 is 0.917 bits per heavy atom. The number of fused-ring (bicyclic) bond motifs is 3. The first-order valence-corrected chi connectivity index (χ1v) is 12.7. The maximum Gasteiger partial charge on any atom is 0.239 e. The van der Waals surface area contributed by atoms with Gasteiger partial charge in [-0.2, -0.15) is 0 Å². The zero-order valence-corrected chi connectivity index (χ0v) is 20.5. The second kappa shape index (κ2) is 9.90. The third kappa shape index (κ3) is 4.32. The number of hydrogen-bond acceptors (Lipinski definition) is 5. The van der Waals surface area contributed by atoms with Crippen molar-refractivity contribution in [3.8, 4) is 5.75 Å². The Hall–Kier alpha value is -3.45. The third-order valence-corrected chi connectivity index (χ3v) is 7.80. The molecule has 6 nitrogen and oxygen atoms in total. The van der Waals surface area contributed by atoms with Crippen LogP contribution in [0.25, 0.3) is 21.5 Å². The number of methoxy groups -OCH3 is 1. The van der Waals surface area contributed by atoms with Crippen LogP contribution in [0.3, 0.4) is 0 Å². The monoisotopic (exact) mass is 480 g/mol. The zero-order valence-electron chi connectivity index (χ0n) is 20.5. The number of piperidine rings is 1. The van der Waals surface area contributed by atoms with Crippen LogP contribution >= 0.6 is 0 Å². The smallest absolute Gasteiger partial charge is 0.239 e. The van der Waals surface area contributed by atoms with E-state index in [0.717, 1.165) is 42.8 Å². The Morgan fingerprint density at radius 2 is 1.69 bits per heavy atom. The van der Waals surface area contributed by atoms with Crippen molar-refractivity contribution in [2.75, 3.05) is 20.2 Å². The number of likely N-dealkylation sites (tertiary alicyclic amines) is 1. The molecule has 0 aliphatic carbocycles. The van der Waals surface area contributed by atoms with Gasteiger partial charge in [-0.25, -0.2) is 5.43 Å². The lowest BCUT2D eigenvalue weighted by Gasteiger charge is -2.36. The SMILES string of the molecule is COc1ccc(CN2CCC3NNC(C(=O)NCc4cccc5ccccc45)C3C2)c2ccccc12. The van der Waals surface area contributed by atoms with Crippen molar-refractivity contribution >= 4 is 27.5 Å². The molecule has 0 saturated carbocycles. The van der Waals surface area contributed by atoms with Crippen LogP contribution in [0.4, 0.5) is 0 Å². The number of ether oxygens (including phenoxy) is 1. The molecule has 0 radical (unpaired) electrons. The van der Waals surface area contributed by atoms with E-state index in [2.05, 4.69) is 87.8 Å². The molecule has 2 heterocycles. The van der Waals surface area contributed by atoms with Gasteiger partial charge < -0.3 is 10.1 Å². The zero-order chi connectivity index (χ0) is 24.5. The van der Waals surface area contributed by atoms with Crippen LogP contribution in [-0.2, 0) is 17.9 Å². The third-order valence-electron chi connectivity index (χ3n) is 7.80. The van der Waals surface area contributed by atoms with Crippen LogP contribution in [0.5, 0.6) is 5.75 Å². The molecule has 6 rings (SSSR count). The molecule has 2 aliphatic heterocycles. The van der Waals surface area contributed by atoms with E-state index >= 15 is 0 Å². The first-order valence-electron chi connectivity index (χ1n) is 12.7. The molecule has 36 heavy (non-hydrogen) atoms. The van der Waals surface area contributed by atoms with E-state index in [0.29, 0.717) is 12.6 Å². The highest BCUT2D eigenvalue weighted by Crippen LogP contribution is 2.31. The van der Waals surface area contributed by atoms with Gasteiger partial charge in [-0.15, -0.1) is 0 Å². The van der Waals surface area contributed by atoms with Gasteiger partial charge in [0.05, 0.1) is 7.11 Å². The minimum absolute atomic E-state index is 0.0553. The summed E-state index contributed by atoms with van der Waals surface area (Å²) in [5.74, 6) is 1.18. The lowest BCUT2D eigenvalue weighted by atomic mass is 9.87. The topological polar surface area (TPSA) is 65.6 Å². The Kier molecular flexibility index (Phi) is 6.32. The summed E-state index contributed by atoms with van der Waals surface area (Å²) < 4.78 is 5.57. The van der Waals surface area contributed by atoms with Crippen LogP contribution in [0, 0.1) is 5.92 Å². The van der Waals surface area contributed by atoms with Crippen molar-refractivity contribution in [3.05, 3.63) is 90.0 Å². The molecule has 2 saturated heterocycles. The van der Waals surface area contributed by atoms with Gasteiger partial charge in [0.25, 0.3) is 0 Å². The molecule has 4 aromatic carbocycles. The van der Waals surface area contributed by atoms with Gasteiger partial charge in [-0.05, 0) is 39.8 Å². The van der Waals surface area contributed by atoms with Crippen molar-refractivity contribution in [1.29, 1.82) is 0 Å². The number of hydrazine groups is 1. The molecule has 3 unspecified atom stereocenters. The van der Waals surface area contributed by atoms with E-state index in [1.54, 1.807) is 7.11 Å². The van der Waals surface area contributed by atoms with Gasteiger partial charge in [0.2, 0.25) is 5.91 Å². The number of nitrogens with one attached hydrogen (secondary N) is 3. The molecule has 3 atom stereocenters. The highest BCUT2D eigenvalue weighted by molar-refractivity contribution is 5.91. The molecule has 0 bridgehead atoms. The van der Waals surface area contributed by atoms with E-state index in [-0.39, 0.29) is 17.9 Å². The molecule has 6 heteroatoms. The van der Waals surface area contributed by atoms with Crippen molar-refractivity contribution in [3.63, 3.8) is 0 Å². The lowest BCUT2D eigenvalue weighted by molar-refractivity contribution is -0.124. The summed E-state index contributed by atoms with van der Waals surface area (Å²) in [6, 6.07) is 27.3. The fraction of sp³-hybridized carbons (Fsp3) is 0.300. The number of nitrogens with zero attached hydrogens (tertiary/aromatic N) is 1. The molecule has 0 aromatic heterocycles. The Balaban J connectivity index is 1.14. The van der Waals surface area contributed by atoms with E-state index in [1.165, 1.54) is 21.7 Å². The Labute approximate surface area is 211 Å². The number of hydrogen-bond donors (Lipinski definition) is 3. The second-order valence-corrected chi connectivity index (χ2v) is 9.89. The predicted molar refractivity (Wildman–Crippen MR) is 144 cm³/mol. The van der Waals surface area contributed by atoms with E-state index in [4.69, 9.17) is 4.74 Å². The van der Waals surface area contributed by atoms with Gasteiger partial charge in [-0.3, -0.25) is 15.1 Å². The second-order valence-electron chi connectivity index (χ2n) is 9.89. The van der Waals surface area contributed by atoms with E-state index < -0.39 is 0 Å². The molecule has 3 N–H and O–H groups in total. The van der Waals surface area contributed by atoms with Gasteiger partial charge in [0, 0.05) is 43.5 Å². The number of carbonyl (C=O) groups excluding carboxylic acids is 1. The van der Waals surface area contributed by atoms with Crippen LogP contribution in [0.15, 0.2) is 78.9 Å². The van der Waals surface area contributed by atoms with Gasteiger partial charge in [-0.1, -0.05) is 72.8 Å². The van der Waals surface area contributed by atoms with Crippen LogP contribution in [0.2, 0.25) is 0 Å². The summed E-state index contributed by atoms with van der Waals surface area (Å²) in [5.41, 5.74) is 9.12. The summed E-state index contributed by atoms with van der Waals surface area (Å²) in [7, 11) is 1.72. The molecule has 4 aromatic rings. The number of carbonyl (C=O) groups is 1. The molecule has 184 valence electrons. The molecule has 0 spiro atoms. The van der Waals surface area contributed by atoms with Crippen molar-refractivity contribution < 1.29 is 9.53 Å². The fourth-order valence-corrected chi connectivity index (χ4v) is 5.91. The normalized spacial score (nSPS) is 22.0. The standard InChI is InChI=1S/C30H32N4O2/c1-36-28-14-13-22(24-11-4-5-12-25(24)28)18-34-16-15-27-26(19-34)29(33-32-27)30(35)31-17-21-9-6-8-20-7-2-3-10-23(20)21/h2-14,26-27,29,32-33H,15-19H2,1H3,(H,31,35). The number of benzene rings is 4. The molecular weight excluding hydrogens is 448 g/mol. The Bertz CT molecular complexity index is 1400. The van der Waals surface area contributed by atoms with Gasteiger partial charge >= 0.3 is 0 Å². The quantitative estimate of drug-likeness (QED) is 0.390. The average molecular weight is 481 g/mol. The van der Waals surface area contributed by atoms with E-state index in [1.807, 2.05) is 12.1 Å². The molecule has 2 aliphatic rings. The first-order chi connectivity index (χ1) is 17.7. The van der Waals surface area contributed by atoms with Crippen LogP contribution in [0.1, 0.15) is 17.5 Å². The molecule has 1 amide bonds. The highest BCUT2D eigenvalue weighted by atomic mass is 16.5. The lowest BCUT2D eigenvalue weighted by Crippen LogP contribution is -2.50. The van der Waals surface area contributed by atoms with Crippen LogP contribution in [-0.4, -0.2) is 43.1 Å². The first kappa shape index (κ1) is 23.0. The molecule has 2 fully saturated rings. The summed E-state index contributed by atoms with van der Waals surface area (Å²) in [6.07, 6.45) is 1.01. The number of rotatable bonds is 6. The minimum atomic E-state index is -0.250. The van der Waals surface area contributed by atoms with E-state index in [9.17, 15) is 4.79 Å². The van der Waals surface area contributed by atoms with Gasteiger partial charge in [0.15, 0.2) is 0 Å². The van der Waals surface area contributed by atoms with Crippen LogP contribution < -0.4 is 20.9 Å². The maximum absolute atomic E-state index is 13.3. The maximum atomic E-state index is 13.3. The van der Waals surface area contributed by atoms with Crippen molar-refractivity contribution in [2.45, 2.75) is 31.6 Å². The Morgan fingerprint density at radius 3 is 2.56 bits per heavy atom. The number of amides is 1. The summed E-state index contributed by atoms with van der Waals surface area (Å²) in [6.45, 7) is 3.26. The summed E-state index contributed by atoms with van der Waals surface area (Å²) in [5, 5.41) is 7.94.